The highest BCUT2D eigenvalue weighted by molar-refractivity contribution is 9.10. The normalized spacial score (nSPS) is 10.8. The van der Waals surface area contributed by atoms with Crippen LogP contribution in [-0.2, 0) is 16.2 Å². The number of carbonyl (C=O) groups is 1. The van der Waals surface area contributed by atoms with Gasteiger partial charge in [-0.1, -0.05) is 35.0 Å². The maximum atomic E-state index is 13.7. The van der Waals surface area contributed by atoms with Gasteiger partial charge < -0.3 is 14.9 Å². The maximum Gasteiger partial charge on any atom is 0.265 e. The fraction of sp³-hybridized carbons (Fsp3) is 0.0909. The van der Waals surface area contributed by atoms with Gasteiger partial charge >= 0.3 is 0 Å². The van der Waals surface area contributed by atoms with Crippen LogP contribution in [0.5, 0.6) is 5.75 Å². The Morgan fingerprint density at radius 3 is 2.63 bits per heavy atom. The number of rotatable bonds is 8. The number of nitrogens with zero attached hydrogens (tertiary/aromatic N) is 1. The maximum absolute atomic E-state index is 13.7. The van der Waals surface area contributed by atoms with Gasteiger partial charge in [-0.05, 0) is 70.0 Å². The van der Waals surface area contributed by atoms with Crippen LogP contribution in [-0.4, -0.2) is 18.7 Å². The van der Waals surface area contributed by atoms with Gasteiger partial charge in [-0.2, -0.15) is 0 Å². The Hall–Kier alpha value is -2.90. The fourth-order valence-electron chi connectivity index (χ4n) is 2.41. The number of hydrogen-bond donors (Lipinski definition) is 1. The molecule has 0 aliphatic rings. The standard InChI is InChI=1S/C22H17BrClFN2O3/c23-19-11-15(5-10-21(19)29-13-16-3-1-2-4-20(16)25)12-26-30-14-22(28)27-18-8-6-17(24)7-9-18/h1-12H,13-14H2,(H,27,28)/b26-12+. The van der Waals surface area contributed by atoms with Crippen molar-refractivity contribution in [1.82, 2.24) is 0 Å². The van der Waals surface area contributed by atoms with Gasteiger partial charge in [0.2, 0.25) is 0 Å². The molecule has 0 saturated heterocycles. The quantitative estimate of drug-likeness (QED) is 0.319. The summed E-state index contributed by atoms with van der Waals surface area (Å²) >= 11 is 9.22. The van der Waals surface area contributed by atoms with Crippen LogP contribution in [0.3, 0.4) is 0 Å². The molecule has 0 radical (unpaired) electrons. The van der Waals surface area contributed by atoms with E-state index in [1.807, 2.05) is 0 Å². The van der Waals surface area contributed by atoms with Crippen LogP contribution in [0.1, 0.15) is 11.1 Å². The van der Waals surface area contributed by atoms with E-state index in [-0.39, 0.29) is 24.9 Å². The molecule has 0 aromatic heterocycles. The number of anilines is 1. The molecule has 1 N–H and O–H groups in total. The van der Waals surface area contributed by atoms with Crippen molar-refractivity contribution in [1.29, 1.82) is 0 Å². The molecule has 0 spiro atoms. The topological polar surface area (TPSA) is 59.9 Å². The Kier molecular flexibility index (Phi) is 7.82. The first kappa shape index (κ1) is 21.8. The zero-order valence-electron chi connectivity index (χ0n) is 15.6. The lowest BCUT2D eigenvalue weighted by Gasteiger charge is -2.09. The van der Waals surface area contributed by atoms with E-state index in [9.17, 15) is 9.18 Å². The Morgan fingerprint density at radius 1 is 1.13 bits per heavy atom. The van der Waals surface area contributed by atoms with Crippen LogP contribution >= 0.6 is 27.5 Å². The molecule has 1 amide bonds. The molecule has 0 unspecified atom stereocenters. The largest absolute Gasteiger partial charge is 0.488 e. The second-order valence-corrected chi connectivity index (χ2v) is 7.42. The molecule has 5 nitrogen and oxygen atoms in total. The van der Waals surface area contributed by atoms with Gasteiger partial charge in [0.25, 0.3) is 5.91 Å². The lowest BCUT2D eigenvalue weighted by Crippen LogP contribution is -2.16. The van der Waals surface area contributed by atoms with Gasteiger partial charge in [0, 0.05) is 16.3 Å². The van der Waals surface area contributed by atoms with Crippen molar-refractivity contribution in [3.05, 3.63) is 93.2 Å². The first-order chi connectivity index (χ1) is 14.5. The average Bonchev–Trinajstić information content (AvgIpc) is 2.73. The van der Waals surface area contributed by atoms with Crippen molar-refractivity contribution < 1.29 is 18.8 Å². The number of halogens is 3. The Balaban J connectivity index is 1.47. The number of oxime groups is 1. The smallest absolute Gasteiger partial charge is 0.265 e. The van der Waals surface area contributed by atoms with E-state index in [0.717, 1.165) is 5.56 Å². The van der Waals surface area contributed by atoms with Crippen LogP contribution in [0.25, 0.3) is 0 Å². The van der Waals surface area contributed by atoms with Crippen LogP contribution in [0.15, 0.2) is 76.4 Å². The summed E-state index contributed by atoms with van der Waals surface area (Å²) in [5, 5.41) is 7.05. The summed E-state index contributed by atoms with van der Waals surface area (Å²) in [6, 6.07) is 18.5. The molecular formula is C22H17BrClFN2O3. The van der Waals surface area contributed by atoms with E-state index in [1.54, 1.807) is 60.7 Å². The van der Waals surface area contributed by atoms with Crippen molar-refractivity contribution in [3.63, 3.8) is 0 Å². The van der Waals surface area contributed by atoms with E-state index >= 15 is 0 Å². The predicted molar refractivity (Wildman–Crippen MR) is 119 cm³/mol. The molecule has 0 fully saturated rings. The monoisotopic (exact) mass is 490 g/mol. The van der Waals surface area contributed by atoms with E-state index in [1.165, 1.54) is 12.3 Å². The number of carbonyl (C=O) groups excluding carboxylic acids is 1. The molecule has 0 aliphatic heterocycles. The summed E-state index contributed by atoms with van der Waals surface area (Å²) in [6.07, 6.45) is 1.47. The zero-order valence-corrected chi connectivity index (χ0v) is 18.0. The SMILES string of the molecule is O=C(CO/N=C/c1ccc(OCc2ccccc2F)c(Br)c1)Nc1ccc(Cl)cc1. The Labute approximate surface area is 186 Å². The van der Waals surface area contributed by atoms with Crippen molar-refractivity contribution in [2.45, 2.75) is 6.61 Å². The molecule has 0 heterocycles. The van der Waals surface area contributed by atoms with Gasteiger partial charge in [0.15, 0.2) is 6.61 Å². The Bertz CT molecular complexity index is 1040. The second-order valence-electron chi connectivity index (χ2n) is 6.13. The number of benzene rings is 3. The van der Waals surface area contributed by atoms with Crippen LogP contribution in [0.2, 0.25) is 5.02 Å². The molecule has 3 aromatic rings. The second kappa shape index (κ2) is 10.8. The van der Waals surface area contributed by atoms with E-state index in [0.29, 0.717) is 26.5 Å². The van der Waals surface area contributed by atoms with Gasteiger partial charge in [-0.15, -0.1) is 0 Å². The fourth-order valence-corrected chi connectivity index (χ4v) is 3.05. The number of nitrogens with one attached hydrogen (secondary N) is 1. The van der Waals surface area contributed by atoms with Gasteiger partial charge in [0.1, 0.15) is 18.2 Å². The van der Waals surface area contributed by atoms with Gasteiger partial charge in [-0.3, -0.25) is 4.79 Å². The number of hydrogen-bond acceptors (Lipinski definition) is 4. The highest BCUT2D eigenvalue weighted by atomic mass is 79.9. The number of amides is 1. The summed E-state index contributed by atoms with van der Waals surface area (Å²) in [5.41, 5.74) is 1.82. The molecular weight excluding hydrogens is 475 g/mol. The highest BCUT2D eigenvalue weighted by Gasteiger charge is 2.06. The molecule has 0 aliphatic carbocycles. The van der Waals surface area contributed by atoms with Crippen molar-refractivity contribution in [2.24, 2.45) is 5.16 Å². The predicted octanol–water partition coefficient (Wildman–Crippen LogP) is 5.81. The average molecular weight is 492 g/mol. The minimum absolute atomic E-state index is 0.116. The zero-order chi connectivity index (χ0) is 21.3. The summed E-state index contributed by atoms with van der Waals surface area (Å²) in [6.45, 7) is -0.116. The van der Waals surface area contributed by atoms with Crippen molar-refractivity contribution in [2.75, 3.05) is 11.9 Å². The minimum Gasteiger partial charge on any atom is -0.488 e. The Morgan fingerprint density at radius 2 is 1.90 bits per heavy atom. The third-order valence-electron chi connectivity index (χ3n) is 3.90. The molecule has 154 valence electrons. The summed E-state index contributed by atoms with van der Waals surface area (Å²) < 4.78 is 20.0. The van der Waals surface area contributed by atoms with Gasteiger partial charge in [0.05, 0.1) is 10.7 Å². The third-order valence-corrected chi connectivity index (χ3v) is 4.77. The van der Waals surface area contributed by atoms with Crippen molar-refractivity contribution >= 4 is 45.3 Å². The molecule has 30 heavy (non-hydrogen) atoms. The third kappa shape index (κ3) is 6.57. The van der Waals surface area contributed by atoms with E-state index < -0.39 is 0 Å². The van der Waals surface area contributed by atoms with E-state index in [2.05, 4.69) is 26.4 Å². The van der Waals surface area contributed by atoms with E-state index in [4.69, 9.17) is 21.2 Å². The molecule has 3 aromatic carbocycles. The lowest BCUT2D eigenvalue weighted by atomic mass is 10.2. The molecule has 8 heteroatoms. The summed E-state index contributed by atoms with van der Waals surface area (Å²) in [7, 11) is 0. The highest BCUT2D eigenvalue weighted by Crippen LogP contribution is 2.26. The van der Waals surface area contributed by atoms with Crippen LogP contribution in [0.4, 0.5) is 10.1 Å². The molecule has 0 bridgehead atoms. The lowest BCUT2D eigenvalue weighted by molar-refractivity contribution is -0.120. The minimum atomic E-state index is -0.340. The summed E-state index contributed by atoms with van der Waals surface area (Å²) in [4.78, 5) is 16.9. The molecule has 0 saturated carbocycles. The van der Waals surface area contributed by atoms with Gasteiger partial charge in [-0.25, -0.2) is 4.39 Å². The number of ether oxygens (including phenoxy) is 1. The van der Waals surface area contributed by atoms with Crippen LogP contribution in [0, 0.1) is 5.82 Å². The summed E-state index contributed by atoms with van der Waals surface area (Å²) in [5.74, 6) is -0.0826. The van der Waals surface area contributed by atoms with Crippen LogP contribution < -0.4 is 10.1 Å². The molecule has 0 atom stereocenters. The molecule has 3 rings (SSSR count). The first-order valence-corrected chi connectivity index (χ1v) is 10.0. The van der Waals surface area contributed by atoms with Crippen molar-refractivity contribution in [3.8, 4) is 5.75 Å². The first-order valence-electron chi connectivity index (χ1n) is 8.88.